The van der Waals surface area contributed by atoms with Gasteiger partial charge in [-0.3, -0.25) is 14.2 Å². The van der Waals surface area contributed by atoms with Crippen molar-refractivity contribution in [3.8, 4) is 0 Å². The van der Waals surface area contributed by atoms with Gasteiger partial charge in [-0.2, -0.15) is 5.06 Å². The van der Waals surface area contributed by atoms with Crippen molar-refractivity contribution in [3.63, 3.8) is 0 Å². The van der Waals surface area contributed by atoms with Crippen molar-refractivity contribution in [2.24, 2.45) is 5.41 Å². The third-order valence-corrected chi connectivity index (χ3v) is 7.45. The summed E-state index contributed by atoms with van der Waals surface area (Å²) in [6.07, 6.45) is -0.327. The summed E-state index contributed by atoms with van der Waals surface area (Å²) in [5.41, 5.74) is 0.647. The Labute approximate surface area is 182 Å². The van der Waals surface area contributed by atoms with Gasteiger partial charge in [0.2, 0.25) is 0 Å². The molecule has 0 aromatic heterocycles. The van der Waals surface area contributed by atoms with E-state index in [9.17, 15) is 9.36 Å². The summed E-state index contributed by atoms with van der Waals surface area (Å²) in [7, 11) is -3.52. The maximum atomic E-state index is 13.9. The molecule has 0 saturated heterocycles. The zero-order valence-electron chi connectivity index (χ0n) is 20.3. The largest absolute Gasteiger partial charge is 0.350 e. The van der Waals surface area contributed by atoms with Crippen LogP contribution in [-0.2, 0) is 18.5 Å². The molecule has 2 unspecified atom stereocenters. The molecule has 0 N–H and O–H groups in total. The van der Waals surface area contributed by atoms with Crippen molar-refractivity contribution in [3.05, 3.63) is 35.4 Å². The molecular weight excluding hydrogens is 401 g/mol. The van der Waals surface area contributed by atoms with E-state index in [0.717, 1.165) is 5.56 Å². The van der Waals surface area contributed by atoms with Gasteiger partial charge in [0.25, 0.3) is 0 Å². The van der Waals surface area contributed by atoms with E-state index < -0.39 is 24.3 Å². The average molecular weight is 442 g/mol. The van der Waals surface area contributed by atoms with E-state index >= 15 is 0 Å². The normalized spacial score (nSPS) is 15.3. The number of carbonyl (C=O) groups excluding carboxylic acids is 1. The Bertz CT molecular complexity index is 723. The van der Waals surface area contributed by atoms with Crippen LogP contribution in [0.4, 0.5) is 0 Å². The van der Waals surface area contributed by atoms with Gasteiger partial charge in [-0.25, -0.2) is 0 Å². The van der Waals surface area contributed by atoms with E-state index in [-0.39, 0.29) is 25.1 Å². The van der Waals surface area contributed by atoms with Gasteiger partial charge >= 0.3 is 7.60 Å². The van der Waals surface area contributed by atoms with Crippen molar-refractivity contribution in [2.45, 2.75) is 86.7 Å². The highest BCUT2D eigenvalue weighted by atomic mass is 31.2. The summed E-state index contributed by atoms with van der Waals surface area (Å²) in [5, 5.41) is 1.78. The van der Waals surface area contributed by atoms with Gasteiger partial charge < -0.3 is 9.05 Å². The fourth-order valence-electron chi connectivity index (χ4n) is 3.30. The average Bonchev–Trinajstić information content (AvgIpc) is 2.59. The lowest BCUT2D eigenvalue weighted by molar-refractivity contribution is -0.264. The molecule has 0 spiro atoms. The molecule has 0 amide bonds. The summed E-state index contributed by atoms with van der Waals surface area (Å²) >= 11 is 0. The lowest BCUT2D eigenvalue weighted by atomic mass is 9.94. The van der Waals surface area contributed by atoms with Crippen LogP contribution in [-0.4, -0.2) is 35.4 Å². The molecule has 1 aromatic carbocycles. The number of nitrogens with zero attached hydrogens (tertiary/aromatic N) is 1. The second-order valence-electron chi connectivity index (χ2n) is 9.54. The SMILES string of the molecule is CCOP(=O)(OCC)C(N(OC(C)c1ccc(C(C)=O)cc1)C(C)(C)C)C(C)(C)C. The molecule has 0 aliphatic rings. The maximum absolute atomic E-state index is 13.9. The van der Waals surface area contributed by atoms with Gasteiger partial charge in [0.15, 0.2) is 5.78 Å². The van der Waals surface area contributed by atoms with Crippen LogP contribution < -0.4 is 0 Å². The summed E-state index contributed by atoms with van der Waals surface area (Å²) in [4.78, 5) is 18.0. The smallest absolute Gasteiger partial charge is 0.308 e. The quantitative estimate of drug-likeness (QED) is 0.231. The first-order chi connectivity index (χ1) is 13.7. The van der Waals surface area contributed by atoms with Crippen LogP contribution in [0.3, 0.4) is 0 Å². The summed E-state index contributed by atoms with van der Waals surface area (Å²) in [5.74, 6) is -0.600. The number of benzene rings is 1. The number of rotatable bonds is 10. The number of hydroxylamine groups is 2. The minimum Gasteiger partial charge on any atom is -0.308 e. The Kier molecular flexibility index (Phi) is 9.46. The zero-order valence-corrected chi connectivity index (χ0v) is 21.2. The Morgan fingerprint density at radius 2 is 1.47 bits per heavy atom. The Hall–Kier alpha value is -1.04. The topological polar surface area (TPSA) is 65.1 Å². The molecule has 0 heterocycles. The predicted octanol–water partition coefficient (Wildman–Crippen LogP) is 6.62. The second kappa shape index (κ2) is 10.5. The molecule has 6 nitrogen and oxygen atoms in total. The van der Waals surface area contributed by atoms with E-state index in [0.29, 0.717) is 5.56 Å². The molecule has 30 heavy (non-hydrogen) atoms. The molecule has 7 heteroatoms. The van der Waals surface area contributed by atoms with Crippen LogP contribution >= 0.6 is 7.60 Å². The highest BCUT2D eigenvalue weighted by Gasteiger charge is 2.51. The Balaban J connectivity index is 3.39. The molecule has 0 bridgehead atoms. The van der Waals surface area contributed by atoms with Crippen molar-refractivity contribution in [1.29, 1.82) is 0 Å². The number of hydrogen-bond acceptors (Lipinski definition) is 6. The first-order valence-electron chi connectivity index (χ1n) is 10.6. The maximum Gasteiger partial charge on any atom is 0.350 e. The van der Waals surface area contributed by atoms with Gasteiger partial charge in [-0.1, -0.05) is 45.0 Å². The highest BCUT2D eigenvalue weighted by molar-refractivity contribution is 7.54. The number of hydrogen-bond donors (Lipinski definition) is 0. The van der Waals surface area contributed by atoms with E-state index in [2.05, 4.69) is 0 Å². The number of ketones is 1. The van der Waals surface area contributed by atoms with Crippen molar-refractivity contribution < 1.29 is 23.2 Å². The van der Waals surface area contributed by atoms with Crippen LogP contribution in [0.1, 0.15) is 91.3 Å². The third kappa shape index (κ3) is 7.00. The molecule has 0 aliphatic heterocycles. The molecule has 0 saturated carbocycles. The third-order valence-electron chi connectivity index (χ3n) is 4.63. The molecule has 1 aromatic rings. The molecular formula is C23H40NO5P. The van der Waals surface area contributed by atoms with Crippen LogP contribution in [0.25, 0.3) is 0 Å². The van der Waals surface area contributed by atoms with E-state index in [1.807, 2.05) is 74.4 Å². The molecule has 0 fully saturated rings. The molecule has 1 rings (SSSR count). The van der Waals surface area contributed by atoms with Gasteiger partial charge in [-0.15, -0.1) is 0 Å². The molecule has 0 radical (unpaired) electrons. The summed E-state index contributed by atoms with van der Waals surface area (Å²) < 4.78 is 25.4. The van der Waals surface area contributed by atoms with Gasteiger partial charge in [0.05, 0.1) is 13.2 Å². The van der Waals surface area contributed by atoms with E-state index in [1.165, 1.54) is 0 Å². The van der Waals surface area contributed by atoms with Gasteiger partial charge in [0, 0.05) is 11.1 Å². The van der Waals surface area contributed by atoms with Gasteiger partial charge in [0.1, 0.15) is 11.9 Å². The van der Waals surface area contributed by atoms with E-state index in [4.69, 9.17) is 13.9 Å². The molecule has 172 valence electrons. The minimum absolute atomic E-state index is 0.0219. The van der Waals surface area contributed by atoms with Crippen LogP contribution in [0.2, 0.25) is 0 Å². The van der Waals surface area contributed by atoms with Crippen molar-refractivity contribution >= 4 is 13.4 Å². The van der Waals surface area contributed by atoms with Crippen LogP contribution in [0, 0.1) is 5.41 Å². The zero-order chi connectivity index (χ0) is 23.3. The monoisotopic (exact) mass is 441 g/mol. The summed E-state index contributed by atoms with van der Waals surface area (Å²) in [6, 6.07) is 7.37. The fraction of sp³-hybridized carbons (Fsp3) is 0.696. The van der Waals surface area contributed by atoms with Crippen molar-refractivity contribution in [2.75, 3.05) is 13.2 Å². The molecule has 2 atom stereocenters. The Morgan fingerprint density at radius 3 is 1.80 bits per heavy atom. The van der Waals surface area contributed by atoms with Crippen LogP contribution in [0.15, 0.2) is 24.3 Å². The highest BCUT2D eigenvalue weighted by Crippen LogP contribution is 2.61. The first-order valence-corrected chi connectivity index (χ1v) is 12.2. The number of Topliss-reactive ketones (excluding diaryl/α,β-unsaturated/α-hetero) is 1. The standard InChI is InChI=1S/C23H40NO5P/c1-11-27-30(26,28-12-2)21(22(5,6)7)24(23(8,9)10)29-18(4)20-15-13-19(14-16-20)17(3)25/h13-16,18,21H,11-12H2,1-10H3. The fourth-order valence-corrected chi connectivity index (χ4v) is 5.98. The van der Waals surface area contributed by atoms with Crippen LogP contribution in [0.5, 0.6) is 0 Å². The lowest BCUT2D eigenvalue weighted by Gasteiger charge is -2.48. The predicted molar refractivity (Wildman–Crippen MR) is 122 cm³/mol. The van der Waals surface area contributed by atoms with Gasteiger partial charge in [-0.05, 0) is 59.4 Å². The first kappa shape index (κ1) is 27.0. The number of carbonyl (C=O) groups is 1. The minimum atomic E-state index is -3.52. The Morgan fingerprint density at radius 1 is 1.00 bits per heavy atom. The van der Waals surface area contributed by atoms with E-state index in [1.54, 1.807) is 24.1 Å². The lowest BCUT2D eigenvalue weighted by Crippen LogP contribution is -2.53. The van der Waals surface area contributed by atoms with Crippen molar-refractivity contribution in [1.82, 2.24) is 5.06 Å². The molecule has 0 aliphatic carbocycles. The second-order valence-corrected chi connectivity index (χ2v) is 11.6. The summed E-state index contributed by atoms with van der Waals surface area (Å²) in [6.45, 7) is 19.7.